The van der Waals surface area contributed by atoms with Crippen LogP contribution in [-0.4, -0.2) is 23.3 Å². The lowest BCUT2D eigenvalue weighted by Crippen LogP contribution is -2.25. The number of carbonyl (C=O) groups is 2. The largest absolute Gasteiger partial charge is 0.482 e. The molecule has 0 bridgehead atoms. The van der Waals surface area contributed by atoms with Gasteiger partial charge < -0.3 is 15.4 Å². The average Bonchev–Trinajstić information content (AvgIpc) is 2.54. The number of nitrogens with one attached hydrogen (secondary N) is 2. The number of anilines is 2. The van der Waals surface area contributed by atoms with E-state index in [9.17, 15) is 19.7 Å². The monoisotopic (exact) mass is 347 g/mol. The van der Waals surface area contributed by atoms with E-state index in [0.717, 1.165) is 6.07 Å². The first-order valence-corrected chi connectivity index (χ1v) is 7.14. The summed E-state index contributed by atoms with van der Waals surface area (Å²) in [5.74, 6) is -0.416. The number of nitro benzene ring substituents is 1. The van der Waals surface area contributed by atoms with Crippen LogP contribution in [-0.2, 0) is 4.79 Å². The molecule has 0 saturated carbocycles. The van der Waals surface area contributed by atoms with Gasteiger partial charge in [0.05, 0.1) is 21.2 Å². The highest BCUT2D eigenvalue weighted by atomic mass is 35.5. The Morgan fingerprint density at radius 1 is 1.29 bits per heavy atom. The number of hydrogen-bond acceptors (Lipinski definition) is 5. The first-order chi connectivity index (χ1) is 11.4. The molecule has 1 heterocycles. The highest BCUT2D eigenvalue weighted by Gasteiger charge is 2.19. The molecule has 2 amide bonds. The van der Waals surface area contributed by atoms with E-state index in [-0.39, 0.29) is 28.8 Å². The number of fused-ring (bicyclic) bond motifs is 1. The molecule has 0 aliphatic carbocycles. The van der Waals surface area contributed by atoms with E-state index in [4.69, 9.17) is 16.3 Å². The molecule has 0 saturated heterocycles. The van der Waals surface area contributed by atoms with Crippen molar-refractivity contribution in [1.82, 2.24) is 0 Å². The van der Waals surface area contributed by atoms with Crippen molar-refractivity contribution < 1.29 is 19.2 Å². The van der Waals surface area contributed by atoms with E-state index in [1.807, 2.05) is 0 Å². The van der Waals surface area contributed by atoms with Crippen LogP contribution >= 0.6 is 11.6 Å². The van der Waals surface area contributed by atoms with Crippen LogP contribution in [0.4, 0.5) is 17.1 Å². The van der Waals surface area contributed by atoms with Crippen molar-refractivity contribution in [2.75, 3.05) is 17.2 Å². The number of nitrogens with zero attached hydrogens (tertiary/aromatic N) is 1. The van der Waals surface area contributed by atoms with E-state index in [1.54, 1.807) is 12.1 Å². The lowest BCUT2D eigenvalue weighted by Gasteiger charge is -2.18. The fourth-order valence-corrected chi connectivity index (χ4v) is 2.36. The minimum absolute atomic E-state index is 0.0242. The Bertz CT molecular complexity index is 868. The van der Waals surface area contributed by atoms with Crippen LogP contribution < -0.4 is 15.4 Å². The Hall–Kier alpha value is -3.13. The van der Waals surface area contributed by atoms with Crippen molar-refractivity contribution in [3.8, 4) is 5.75 Å². The Kier molecular flexibility index (Phi) is 4.05. The van der Waals surface area contributed by atoms with E-state index in [1.165, 1.54) is 18.2 Å². The van der Waals surface area contributed by atoms with Gasteiger partial charge >= 0.3 is 0 Å². The number of benzene rings is 2. The summed E-state index contributed by atoms with van der Waals surface area (Å²) in [7, 11) is 0. The molecule has 2 N–H and O–H groups in total. The van der Waals surface area contributed by atoms with E-state index in [0.29, 0.717) is 17.1 Å². The average molecular weight is 348 g/mol. The van der Waals surface area contributed by atoms with Crippen LogP contribution in [0.5, 0.6) is 5.75 Å². The van der Waals surface area contributed by atoms with Crippen LogP contribution in [0, 0.1) is 10.1 Å². The number of nitro groups is 1. The number of amides is 2. The lowest BCUT2D eigenvalue weighted by atomic mass is 10.1. The summed E-state index contributed by atoms with van der Waals surface area (Å²) in [6.45, 7) is -0.0675. The summed E-state index contributed by atoms with van der Waals surface area (Å²) in [6.07, 6.45) is 0. The zero-order valence-electron chi connectivity index (χ0n) is 12.0. The molecule has 8 nitrogen and oxygen atoms in total. The van der Waals surface area contributed by atoms with Crippen LogP contribution in [0.3, 0.4) is 0 Å². The first-order valence-electron chi connectivity index (χ1n) is 6.76. The number of ether oxygens (including phenoxy) is 1. The van der Waals surface area contributed by atoms with Crippen molar-refractivity contribution in [2.45, 2.75) is 0 Å². The molecule has 1 aliphatic heterocycles. The summed E-state index contributed by atoms with van der Waals surface area (Å²) in [5, 5.41) is 16.1. The molecule has 0 unspecified atom stereocenters. The maximum absolute atomic E-state index is 12.3. The summed E-state index contributed by atoms with van der Waals surface area (Å²) in [5.41, 5.74) is 0.542. The van der Waals surface area contributed by atoms with E-state index < -0.39 is 10.8 Å². The third-order valence-corrected chi connectivity index (χ3v) is 3.61. The van der Waals surface area contributed by atoms with Gasteiger partial charge in [-0.2, -0.15) is 0 Å². The Balaban J connectivity index is 1.85. The SMILES string of the molecule is O=C1COc2ccc(NC(=O)c3cc([N+](=O)[O-])ccc3Cl)cc2N1. The molecule has 0 atom stereocenters. The summed E-state index contributed by atoms with van der Waals surface area (Å²) >= 11 is 5.94. The third-order valence-electron chi connectivity index (χ3n) is 3.28. The van der Waals surface area contributed by atoms with E-state index >= 15 is 0 Å². The van der Waals surface area contributed by atoms with Gasteiger partial charge in [0.15, 0.2) is 6.61 Å². The molecule has 24 heavy (non-hydrogen) atoms. The first kappa shape index (κ1) is 15.8. The second kappa shape index (κ2) is 6.17. The zero-order chi connectivity index (χ0) is 17.3. The van der Waals surface area contributed by atoms with Gasteiger partial charge in [0.1, 0.15) is 5.75 Å². The van der Waals surface area contributed by atoms with Gasteiger partial charge in [0.2, 0.25) is 0 Å². The fourth-order valence-electron chi connectivity index (χ4n) is 2.16. The molecular formula is C15H10ClN3O5. The highest BCUT2D eigenvalue weighted by Crippen LogP contribution is 2.31. The van der Waals surface area contributed by atoms with Gasteiger partial charge in [-0.25, -0.2) is 0 Å². The highest BCUT2D eigenvalue weighted by molar-refractivity contribution is 6.34. The minimum atomic E-state index is -0.612. The van der Waals surface area contributed by atoms with Crippen molar-refractivity contribution in [2.24, 2.45) is 0 Å². The summed E-state index contributed by atoms with van der Waals surface area (Å²) < 4.78 is 5.22. The van der Waals surface area contributed by atoms with Gasteiger partial charge in [0.25, 0.3) is 17.5 Å². The van der Waals surface area contributed by atoms with Crippen LogP contribution in [0.15, 0.2) is 36.4 Å². The van der Waals surface area contributed by atoms with Crippen LogP contribution in [0.25, 0.3) is 0 Å². The molecule has 2 aromatic carbocycles. The normalized spacial score (nSPS) is 12.6. The Labute approximate surface area is 140 Å². The number of rotatable bonds is 3. The zero-order valence-corrected chi connectivity index (χ0v) is 12.8. The standard InChI is InChI=1S/C15H10ClN3O5/c16-11-3-2-9(19(22)23)6-10(11)15(21)17-8-1-4-13-12(5-8)18-14(20)7-24-13/h1-6H,7H2,(H,17,21)(H,18,20). The van der Waals surface area contributed by atoms with Crippen molar-refractivity contribution >= 4 is 40.5 Å². The molecule has 9 heteroatoms. The van der Waals surface area contributed by atoms with Gasteiger partial charge in [-0.1, -0.05) is 11.6 Å². The Morgan fingerprint density at radius 2 is 2.08 bits per heavy atom. The topological polar surface area (TPSA) is 111 Å². The van der Waals surface area contributed by atoms with Gasteiger partial charge in [0, 0.05) is 17.8 Å². The van der Waals surface area contributed by atoms with Crippen LogP contribution in [0.1, 0.15) is 10.4 Å². The quantitative estimate of drug-likeness (QED) is 0.655. The van der Waals surface area contributed by atoms with Crippen molar-refractivity contribution in [3.05, 3.63) is 57.1 Å². The maximum Gasteiger partial charge on any atom is 0.270 e. The molecule has 1 aliphatic rings. The number of halogens is 1. The predicted molar refractivity (Wildman–Crippen MR) is 86.6 cm³/mol. The maximum atomic E-state index is 12.3. The lowest BCUT2D eigenvalue weighted by molar-refractivity contribution is -0.384. The van der Waals surface area contributed by atoms with Crippen molar-refractivity contribution in [3.63, 3.8) is 0 Å². The number of carbonyl (C=O) groups excluding carboxylic acids is 2. The van der Waals surface area contributed by atoms with Gasteiger partial charge in [-0.05, 0) is 24.3 Å². The van der Waals surface area contributed by atoms with Crippen LogP contribution in [0.2, 0.25) is 5.02 Å². The summed E-state index contributed by atoms with van der Waals surface area (Å²) in [6, 6.07) is 8.30. The Morgan fingerprint density at radius 3 is 2.83 bits per heavy atom. The molecule has 0 fully saturated rings. The van der Waals surface area contributed by atoms with Gasteiger partial charge in [-0.3, -0.25) is 19.7 Å². The summed E-state index contributed by atoms with van der Waals surface area (Å²) in [4.78, 5) is 33.8. The molecule has 0 aromatic heterocycles. The molecule has 0 spiro atoms. The van der Waals surface area contributed by atoms with Crippen molar-refractivity contribution in [1.29, 1.82) is 0 Å². The molecule has 3 rings (SSSR count). The second-order valence-electron chi connectivity index (χ2n) is 4.92. The van der Waals surface area contributed by atoms with Gasteiger partial charge in [-0.15, -0.1) is 0 Å². The van der Waals surface area contributed by atoms with E-state index in [2.05, 4.69) is 10.6 Å². The molecule has 122 valence electrons. The minimum Gasteiger partial charge on any atom is -0.482 e. The second-order valence-corrected chi connectivity index (χ2v) is 5.33. The fraction of sp³-hybridized carbons (Fsp3) is 0.0667. The smallest absolute Gasteiger partial charge is 0.270 e. The number of hydrogen-bond donors (Lipinski definition) is 2. The number of non-ortho nitro benzene ring substituents is 1. The molecular weight excluding hydrogens is 338 g/mol. The third kappa shape index (κ3) is 3.13. The molecule has 2 aromatic rings. The molecule has 0 radical (unpaired) electrons. The predicted octanol–water partition coefficient (Wildman–Crippen LogP) is 2.83.